The lowest BCUT2D eigenvalue weighted by Gasteiger charge is -1.99. The van der Waals surface area contributed by atoms with Crippen molar-refractivity contribution < 1.29 is 14.3 Å². The minimum Gasteiger partial charge on any atom is -0.462 e. The first-order valence-corrected chi connectivity index (χ1v) is 6.89. The minimum absolute atomic E-state index is 0.303. The van der Waals surface area contributed by atoms with Crippen LogP contribution >= 0.6 is 11.3 Å². The van der Waals surface area contributed by atoms with Crippen LogP contribution in [-0.2, 0) is 11.8 Å². The third-order valence-corrected chi connectivity index (χ3v) is 3.69. The molecule has 0 bridgehead atoms. The molecule has 0 aromatic carbocycles. The van der Waals surface area contributed by atoms with Gasteiger partial charge in [0, 0.05) is 13.2 Å². The van der Waals surface area contributed by atoms with Gasteiger partial charge in [0.25, 0.3) is 5.91 Å². The number of nitrogens with zero attached hydrogens (tertiary/aromatic N) is 2. The van der Waals surface area contributed by atoms with E-state index in [1.54, 1.807) is 44.1 Å². The highest BCUT2D eigenvalue weighted by Gasteiger charge is 2.17. The lowest BCUT2D eigenvalue weighted by molar-refractivity contribution is 0.0531. The van der Waals surface area contributed by atoms with Crippen LogP contribution in [0.3, 0.4) is 0 Å². The summed E-state index contributed by atoms with van der Waals surface area (Å²) in [5, 5.41) is 3.32. The molecule has 0 aliphatic carbocycles. The standard InChI is InChI=1S/C13H15N3O3S/c1-4-19-13(18)11-8(2)5-10(20-11)15-12(17)9-6-16(3)7-14-9/h5-7H,4H2,1-3H3,(H,15,17). The zero-order valence-corrected chi connectivity index (χ0v) is 12.3. The first-order chi connectivity index (χ1) is 9.51. The summed E-state index contributed by atoms with van der Waals surface area (Å²) in [4.78, 5) is 28.1. The van der Waals surface area contributed by atoms with Crippen LogP contribution in [0.15, 0.2) is 18.6 Å². The number of esters is 1. The number of hydrogen-bond acceptors (Lipinski definition) is 5. The van der Waals surface area contributed by atoms with Gasteiger partial charge in [-0.05, 0) is 25.5 Å². The van der Waals surface area contributed by atoms with Gasteiger partial charge in [-0.1, -0.05) is 0 Å². The van der Waals surface area contributed by atoms with Gasteiger partial charge in [0.15, 0.2) is 0 Å². The monoisotopic (exact) mass is 293 g/mol. The van der Waals surface area contributed by atoms with E-state index in [9.17, 15) is 9.59 Å². The Kier molecular flexibility index (Phi) is 4.19. The molecule has 0 radical (unpaired) electrons. The highest BCUT2D eigenvalue weighted by molar-refractivity contribution is 7.18. The lowest BCUT2D eigenvalue weighted by Crippen LogP contribution is -2.11. The highest BCUT2D eigenvalue weighted by Crippen LogP contribution is 2.27. The number of amides is 1. The maximum absolute atomic E-state index is 11.9. The Morgan fingerprint density at radius 3 is 2.85 bits per heavy atom. The number of imidazole rings is 1. The van der Waals surface area contributed by atoms with Crippen molar-refractivity contribution >= 4 is 28.2 Å². The number of ether oxygens (including phenoxy) is 1. The number of aryl methyl sites for hydroxylation is 2. The third kappa shape index (κ3) is 3.05. The summed E-state index contributed by atoms with van der Waals surface area (Å²) in [5.74, 6) is -0.671. The van der Waals surface area contributed by atoms with Crippen molar-refractivity contribution in [2.45, 2.75) is 13.8 Å². The van der Waals surface area contributed by atoms with Crippen molar-refractivity contribution in [1.82, 2.24) is 9.55 Å². The van der Waals surface area contributed by atoms with Gasteiger partial charge in [-0.15, -0.1) is 11.3 Å². The van der Waals surface area contributed by atoms with Crippen LogP contribution in [0.5, 0.6) is 0 Å². The normalized spacial score (nSPS) is 10.3. The fourth-order valence-electron chi connectivity index (χ4n) is 1.65. The van der Waals surface area contributed by atoms with Gasteiger partial charge in [0.1, 0.15) is 10.6 Å². The smallest absolute Gasteiger partial charge is 0.348 e. The molecule has 2 aromatic rings. The Balaban J connectivity index is 2.12. The molecule has 1 N–H and O–H groups in total. The van der Waals surface area contributed by atoms with Crippen molar-refractivity contribution in [3.63, 3.8) is 0 Å². The first kappa shape index (κ1) is 14.3. The van der Waals surface area contributed by atoms with Gasteiger partial charge in [0.2, 0.25) is 0 Å². The van der Waals surface area contributed by atoms with E-state index in [-0.39, 0.29) is 11.9 Å². The predicted octanol–water partition coefficient (Wildman–Crippen LogP) is 2.22. The number of aromatic nitrogens is 2. The molecule has 7 heteroatoms. The Hall–Kier alpha value is -2.15. The lowest BCUT2D eigenvalue weighted by atomic mass is 10.3. The van der Waals surface area contributed by atoms with Crippen LogP contribution in [-0.4, -0.2) is 28.0 Å². The second-order valence-electron chi connectivity index (χ2n) is 4.22. The SMILES string of the molecule is CCOC(=O)c1sc(NC(=O)c2cn(C)cn2)cc1C. The topological polar surface area (TPSA) is 73.2 Å². The minimum atomic E-state index is -0.367. The van der Waals surface area contributed by atoms with E-state index >= 15 is 0 Å². The second-order valence-corrected chi connectivity index (χ2v) is 5.27. The van der Waals surface area contributed by atoms with Crippen LogP contribution in [0.1, 0.15) is 32.6 Å². The van der Waals surface area contributed by atoms with Gasteiger partial charge >= 0.3 is 5.97 Å². The molecule has 0 saturated carbocycles. The number of carbonyl (C=O) groups is 2. The maximum atomic E-state index is 11.9. The average molecular weight is 293 g/mol. The Labute approximate surface area is 120 Å². The van der Waals surface area contributed by atoms with Crippen molar-refractivity contribution in [1.29, 1.82) is 0 Å². The summed E-state index contributed by atoms with van der Waals surface area (Å²) in [6.45, 7) is 3.88. The molecular formula is C13H15N3O3S. The first-order valence-electron chi connectivity index (χ1n) is 6.08. The summed E-state index contributed by atoms with van der Waals surface area (Å²) in [6.07, 6.45) is 3.18. The predicted molar refractivity (Wildman–Crippen MR) is 76.2 cm³/mol. The second kappa shape index (κ2) is 5.87. The van der Waals surface area contributed by atoms with Gasteiger partial charge in [-0.3, -0.25) is 4.79 Å². The molecule has 2 heterocycles. The summed E-state index contributed by atoms with van der Waals surface area (Å²) < 4.78 is 6.65. The average Bonchev–Trinajstić information content (AvgIpc) is 2.96. The molecule has 2 aromatic heterocycles. The number of hydrogen-bond donors (Lipinski definition) is 1. The largest absolute Gasteiger partial charge is 0.462 e. The highest BCUT2D eigenvalue weighted by atomic mass is 32.1. The maximum Gasteiger partial charge on any atom is 0.348 e. The molecule has 2 rings (SSSR count). The van der Waals surface area contributed by atoms with E-state index in [2.05, 4.69) is 10.3 Å². The van der Waals surface area contributed by atoms with Crippen LogP contribution in [0.25, 0.3) is 0 Å². The van der Waals surface area contributed by atoms with Crippen molar-refractivity contribution in [2.75, 3.05) is 11.9 Å². The molecule has 106 valence electrons. The van der Waals surface area contributed by atoms with Crippen LogP contribution in [0.2, 0.25) is 0 Å². The molecule has 0 fully saturated rings. The number of rotatable bonds is 4. The molecule has 0 atom stereocenters. The Morgan fingerprint density at radius 2 is 2.25 bits per heavy atom. The van der Waals surface area contributed by atoms with E-state index in [1.165, 1.54) is 11.3 Å². The molecular weight excluding hydrogens is 278 g/mol. The fraction of sp³-hybridized carbons (Fsp3) is 0.308. The molecule has 0 aliphatic heterocycles. The van der Waals surface area contributed by atoms with Gasteiger partial charge < -0.3 is 14.6 Å². The van der Waals surface area contributed by atoms with E-state index in [4.69, 9.17) is 4.74 Å². The zero-order valence-electron chi connectivity index (χ0n) is 11.5. The number of anilines is 1. The number of carbonyl (C=O) groups excluding carboxylic acids is 2. The van der Waals surface area contributed by atoms with Crippen molar-refractivity contribution in [3.8, 4) is 0 Å². The fourth-order valence-corrected chi connectivity index (χ4v) is 2.61. The van der Waals surface area contributed by atoms with Gasteiger partial charge in [-0.2, -0.15) is 0 Å². The van der Waals surface area contributed by atoms with Crippen LogP contribution in [0, 0.1) is 6.92 Å². The molecule has 0 unspecified atom stereocenters. The van der Waals surface area contributed by atoms with Crippen molar-refractivity contribution in [2.24, 2.45) is 7.05 Å². The molecule has 0 saturated heterocycles. The summed E-state index contributed by atoms with van der Waals surface area (Å²) >= 11 is 1.20. The van der Waals surface area contributed by atoms with E-state index < -0.39 is 0 Å². The van der Waals surface area contributed by atoms with Crippen molar-refractivity contribution in [3.05, 3.63) is 34.7 Å². The summed E-state index contributed by atoms with van der Waals surface area (Å²) in [7, 11) is 1.79. The van der Waals surface area contributed by atoms with Gasteiger partial charge in [0.05, 0.1) is 17.9 Å². The van der Waals surface area contributed by atoms with Gasteiger partial charge in [-0.25, -0.2) is 9.78 Å². The Morgan fingerprint density at radius 1 is 1.50 bits per heavy atom. The molecule has 0 spiro atoms. The van der Waals surface area contributed by atoms with E-state index in [0.29, 0.717) is 22.2 Å². The van der Waals surface area contributed by atoms with Crippen LogP contribution in [0.4, 0.5) is 5.00 Å². The number of nitrogens with one attached hydrogen (secondary N) is 1. The molecule has 20 heavy (non-hydrogen) atoms. The Bertz CT molecular complexity index is 645. The summed E-state index contributed by atoms with van der Waals surface area (Å²) in [5.41, 5.74) is 1.11. The molecule has 0 aliphatic rings. The zero-order chi connectivity index (χ0) is 14.7. The van der Waals surface area contributed by atoms with E-state index in [0.717, 1.165) is 5.56 Å². The molecule has 6 nitrogen and oxygen atoms in total. The number of thiophene rings is 1. The summed E-state index contributed by atoms with van der Waals surface area (Å²) in [6, 6.07) is 1.75. The van der Waals surface area contributed by atoms with Crippen LogP contribution < -0.4 is 5.32 Å². The third-order valence-electron chi connectivity index (χ3n) is 2.55. The van der Waals surface area contributed by atoms with E-state index in [1.807, 2.05) is 0 Å². The molecule has 1 amide bonds. The quantitative estimate of drug-likeness (QED) is 0.877.